The van der Waals surface area contributed by atoms with Gasteiger partial charge in [-0.25, -0.2) is 9.78 Å². The number of carboxylic acid groups (broad SMARTS) is 1. The number of hydrogen-bond donors (Lipinski definition) is 2. The lowest BCUT2D eigenvalue weighted by Crippen LogP contribution is -2.54. The van der Waals surface area contributed by atoms with Crippen molar-refractivity contribution in [3.8, 4) is 0 Å². The molecule has 1 saturated heterocycles. The second kappa shape index (κ2) is 13.3. The van der Waals surface area contributed by atoms with Crippen LogP contribution in [-0.4, -0.2) is 89.2 Å². The highest BCUT2D eigenvalue weighted by atomic mass is 32.2. The zero-order valence-corrected chi connectivity index (χ0v) is 25.3. The summed E-state index contributed by atoms with van der Waals surface area (Å²) in [5.74, 6) is -1.87. The minimum atomic E-state index is -1.17. The van der Waals surface area contributed by atoms with Crippen LogP contribution in [0.15, 0.2) is 102 Å². The number of carbonyl (C=O) groups excluding carboxylic acids is 2. The Bertz CT molecular complexity index is 1740. The fourth-order valence-electron chi connectivity index (χ4n) is 5.49. The number of nitrogens with one attached hydrogen (secondary N) is 1. The van der Waals surface area contributed by atoms with Gasteiger partial charge in [0.15, 0.2) is 0 Å². The van der Waals surface area contributed by atoms with Crippen LogP contribution in [0.25, 0.3) is 10.9 Å². The topological polar surface area (TPSA) is 136 Å². The third-order valence-corrected chi connectivity index (χ3v) is 8.96. The van der Waals surface area contributed by atoms with Crippen molar-refractivity contribution >= 4 is 40.6 Å². The summed E-state index contributed by atoms with van der Waals surface area (Å²) in [6.07, 6.45) is 4.99. The number of H-pyrrole nitrogens is 1. The van der Waals surface area contributed by atoms with Gasteiger partial charge in [0.1, 0.15) is 16.8 Å². The fraction of sp³-hybridized carbons (Fsp3) is 0.212. The second-order valence-electron chi connectivity index (χ2n) is 10.6. The van der Waals surface area contributed by atoms with Crippen molar-refractivity contribution in [1.82, 2.24) is 34.0 Å². The summed E-state index contributed by atoms with van der Waals surface area (Å²) in [5, 5.41) is 10.7. The Morgan fingerprint density at radius 3 is 2.11 bits per heavy atom. The molecule has 0 bridgehead atoms. The third kappa shape index (κ3) is 6.42. The van der Waals surface area contributed by atoms with Crippen molar-refractivity contribution in [2.24, 2.45) is 0 Å². The molecule has 228 valence electrons. The number of hydrogen-bond acceptors (Lipinski definition) is 8. The summed E-state index contributed by atoms with van der Waals surface area (Å²) in [6.45, 7) is 3.67. The van der Waals surface area contributed by atoms with Gasteiger partial charge in [-0.1, -0.05) is 30.3 Å². The summed E-state index contributed by atoms with van der Waals surface area (Å²) < 4.78 is 1.32. The molecule has 1 aliphatic rings. The van der Waals surface area contributed by atoms with Gasteiger partial charge in [-0.05, 0) is 55.5 Å². The van der Waals surface area contributed by atoms with Crippen LogP contribution in [0.4, 0.5) is 0 Å². The van der Waals surface area contributed by atoms with Gasteiger partial charge in [0.2, 0.25) is 5.91 Å². The minimum absolute atomic E-state index is 0.0553. The first-order chi connectivity index (χ1) is 21.9. The van der Waals surface area contributed by atoms with Gasteiger partial charge in [-0.3, -0.25) is 28.8 Å². The first-order valence-electron chi connectivity index (χ1n) is 14.5. The Hall–Kier alpha value is -5.07. The lowest BCUT2D eigenvalue weighted by atomic mass is 10.1. The number of piperazine rings is 1. The molecular weight excluding hydrogens is 590 g/mol. The highest BCUT2D eigenvalue weighted by Gasteiger charge is 2.36. The van der Waals surface area contributed by atoms with Crippen LogP contribution in [0.2, 0.25) is 0 Å². The predicted molar refractivity (Wildman–Crippen MR) is 169 cm³/mol. The lowest BCUT2D eigenvalue weighted by Gasteiger charge is -2.40. The largest absolute Gasteiger partial charge is 0.478 e. The molecule has 2 N–H and O–H groups in total. The maximum absolute atomic E-state index is 14.0. The molecule has 12 heteroatoms. The number of carboxylic acids is 1. The van der Waals surface area contributed by atoms with Gasteiger partial charge in [0, 0.05) is 67.6 Å². The van der Waals surface area contributed by atoms with Crippen molar-refractivity contribution in [1.29, 1.82) is 0 Å². The number of aromatic carboxylic acids is 1. The van der Waals surface area contributed by atoms with Crippen LogP contribution in [0.1, 0.15) is 45.2 Å². The molecule has 2 amide bonds. The highest BCUT2D eigenvalue weighted by Crippen LogP contribution is 2.31. The molecule has 11 nitrogen and oxygen atoms in total. The molecule has 0 spiro atoms. The first-order valence-corrected chi connectivity index (χ1v) is 15.3. The van der Waals surface area contributed by atoms with Gasteiger partial charge >= 0.3 is 5.97 Å². The predicted octanol–water partition coefficient (Wildman–Crippen LogP) is 4.52. The number of para-hydroxylation sites is 1. The summed E-state index contributed by atoms with van der Waals surface area (Å²) in [6, 6.07) is 22.7. The standard InChI is InChI=1S/C33H31N7O4S/c1-22(31(41)39-19-17-38(18-20-39)29(26-12-4-6-14-34-26)27-13-5-7-15-35-27)40(45-30-24(33(43)44)10-8-16-36-30)32(42)28-21-23-9-2-3-11-25(23)37-28/h2-16,21-22,29,37H,17-20H2,1H3,(H,43,44)/t22-/m1/s1. The van der Waals surface area contributed by atoms with E-state index in [0.29, 0.717) is 26.2 Å². The van der Waals surface area contributed by atoms with Crippen LogP contribution in [0, 0.1) is 0 Å². The summed E-state index contributed by atoms with van der Waals surface area (Å²) in [7, 11) is 0. The quantitative estimate of drug-likeness (QED) is 0.228. The molecule has 1 aliphatic heterocycles. The molecule has 0 radical (unpaired) electrons. The number of amides is 2. The smallest absolute Gasteiger partial charge is 0.338 e. The number of pyridine rings is 3. The number of aromatic nitrogens is 4. The summed E-state index contributed by atoms with van der Waals surface area (Å²) in [5.41, 5.74) is 2.76. The zero-order chi connectivity index (χ0) is 31.3. The van der Waals surface area contributed by atoms with Gasteiger partial charge < -0.3 is 15.0 Å². The van der Waals surface area contributed by atoms with Crippen LogP contribution in [0.5, 0.6) is 0 Å². The summed E-state index contributed by atoms with van der Waals surface area (Å²) in [4.78, 5) is 60.5. The van der Waals surface area contributed by atoms with E-state index in [4.69, 9.17) is 0 Å². The van der Waals surface area contributed by atoms with Crippen molar-refractivity contribution in [2.75, 3.05) is 26.2 Å². The number of rotatable bonds is 9. The van der Waals surface area contributed by atoms with E-state index in [1.54, 1.807) is 30.3 Å². The van der Waals surface area contributed by atoms with E-state index >= 15 is 0 Å². The Labute approximate surface area is 264 Å². The maximum atomic E-state index is 14.0. The number of fused-ring (bicyclic) bond motifs is 1. The first kappa shape index (κ1) is 30.0. The van der Waals surface area contributed by atoms with Gasteiger partial charge in [0.25, 0.3) is 5.91 Å². The molecule has 0 aliphatic carbocycles. The van der Waals surface area contributed by atoms with Crippen LogP contribution in [0.3, 0.4) is 0 Å². The highest BCUT2D eigenvalue weighted by molar-refractivity contribution is 7.97. The van der Waals surface area contributed by atoms with Crippen LogP contribution < -0.4 is 0 Å². The van der Waals surface area contributed by atoms with Crippen LogP contribution >= 0.6 is 11.9 Å². The minimum Gasteiger partial charge on any atom is -0.478 e. The Morgan fingerprint density at radius 1 is 0.844 bits per heavy atom. The van der Waals surface area contributed by atoms with E-state index in [1.807, 2.05) is 60.7 Å². The van der Waals surface area contributed by atoms with E-state index in [-0.39, 0.29) is 28.2 Å². The van der Waals surface area contributed by atoms with Crippen molar-refractivity contribution in [3.63, 3.8) is 0 Å². The molecule has 0 saturated carbocycles. The molecule has 1 fully saturated rings. The zero-order valence-electron chi connectivity index (χ0n) is 24.5. The van der Waals surface area contributed by atoms with Crippen LogP contribution in [-0.2, 0) is 4.79 Å². The average Bonchev–Trinajstić information content (AvgIpc) is 3.52. The van der Waals surface area contributed by atoms with E-state index in [1.165, 1.54) is 22.6 Å². The Morgan fingerprint density at radius 2 is 1.49 bits per heavy atom. The SMILES string of the molecule is C[C@H](C(=O)N1CCN(C(c2ccccn2)c2ccccn2)CC1)N(Sc1ncccc1C(=O)O)C(=O)c1cc2ccccc2[nH]1. The molecule has 6 rings (SSSR count). The van der Waals surface area contributed by atoms with Gasteiger partial charge in [-0.15, -0.1) is 0 Å². The molecule has 45 heavy (non-hydrogen) atoms. The molecule has 1 atom stereocenters. The van der Waals surface area contributed by atoms with Gasteiger partial charge in [0.05, 0.1) is 23.0 Å². The number of benzene rings is 1. The molecular formula is C33H31N7O4S. The summed E-state index contributed by atoms with van der Waals surface area (Å²) >= 11 is 0.854. The van der Waals surface area contributed by atoms with Crippen molar-refractivity contribution in [2.45, 2.75) is 24.0 Å². The lowest BCUT2D eigenvalue weighted by molar-refractivity contribution is -0.136. The average molecular weight is 622 g/mol. The molecule has 1 aromatic carbocycles. The van der Waals surface area contributed by atoms with E-state index in [0.717, 1.165) is 34.2 Å². The fourth-order valence-corrected chi connectivity index (χ4v) is 6.47. The molecule has 5 aromatic rings. The van der Waals surface area contributed by atoms with Crippen molar-refractivity contribution < 1.29 is 19.5 Å². The Kier molecular flexibility index (Phi) is 8.85. The van der Waals surface area contributed by atoms with E-state index in [9.17, 15) is 19.5 Å². The molecule has 4 aromatic heterocycles. The number of aromatic amines is 1. The van der Waals surface area contributed by atoms with Crippen molar-refractivity contribution in [3.05, 3.63) is 120 Å². The maximum Gasteiger partial charge on any atom is 0.338 e. The molecule has 0 unspecified atom stereocenters. The number of carbonyl (C=O) groups is 3. The number of nitrogens with zero attached hydrogens (tertiary/aromatic N) is 6. The second-order valence-corrected chi connectivity index (χ2v) is 11.6. The Balaban J connectivity index is 1.24. The normalized spacial score (nSPS) is 14.4. The molecule has 5 heterocycles. The van der Waals surface area contributed by atoms with E-state index in [2.05, 4.69) is 24.8 Å². The van der Waals surface area contributed by atoms with Gasteiger partial charge in [-0.2, -0.15) is 0 Å². The van der Waals surface area contributed by atoms with E-state index < -0.39 is 17.9 Å². The monoisotopic (exact) mass is 621 g/mol. The third-order valence-electron chi connectivity index (χ3n) is 7.78.